The van der Waals surface area contributed by atoms with Crippen LogP contribution < -0.4 is 5.32 Å². The molecule has 2 atom stereocenters. The van der Waals surface area contributed by atoms with Crippen LogP contribution in [0.15, 0.2) is 4.99 Å². The minimum atomic E-state index is 0.858. The highest BCUT2D eigenvalue weighted by atomic mass is 32.1. The van der Waals surface area contributed by atoms with Gasteiger partial charge in [0, 0.05) is 37.5 Å². The first kappa shape index (κ1) is 16.7. The lowest BCUT2D eigenvalue weighted by Gasteiger charge is -2.22. The van der Waals surface area contributed by atoms with E-state index in [0.29, 0.717) is 0 Å². The zero-order valence-electron chi connectivity index (χ0n) is 14.8. The molecule has 5 heteroatoms. The summed E-state index contributed by atoms with van der Waals surface area (Å²) in [5.74, 6) is 2.93. The van der Waals surface area contributed by atoms with Gasteiger partial charge in [-0.25, -0.2) is 4.98 Å². The summed E-state index contributed by atoms with van der Waals surface area (Å²) >= 11 is 1.81. The lowest BCUT2D eigenvalue weighted by Crippen LogP contribution is -2.40. The normalized spacial score (nSPS) is 24.8. The van der Waals surface area contributed by atoms with Crippen molar-refractivity contribution in [1.29, 1.82) is 0 Å². The van der Waals surface area contributed by atoms with E-state index in [4.69, 9.17) is 4.99 Å². The molecule has 2 unspecified atom stereocenters. The Kier molecular flexibility index (Phi) is 5.57. The Morgan fingerprint density at radius 1 is 1.26 bits per heavy atom. The van der Waals surface area contributed by atoms with Crippen molar-refractivity contribution < 1.29 is 0 Å². The average molecular weight is 335 g/mol. The van der Waals surface area contributed by atoms with E-state index < -0.39 is 0 Å². The van der Waals surface area contributed by atoms with Crippen molar-refractivity contribution in [3.8, 4) is 0 Å². The van der Waals surface area contributed by atoms with E-state index in [0.717, 1.165) is 42.3 Å². The van der Waals surface area contributed by atoms with Gasteiger partial charge in [-0.15, -0.1) is 11.3 Å². The number of likely N-dealkylation sites (tertiary alicyclic amines) is 1. The standard InChI is InChI=1S/C18H30N4S/c1-4-19-18(20-10-9-17-13(2)21-14(3)23-17)22-11-15-7-5-6-8-16(15)12-22/h15-16H,4-12H2,1-3H3,(H,19,20). The number of nitrogens with one attached hydrogen (secondary N) is 1. The average Bonchev–Trinajstić information content (AvgIpc) is 3.09. The first-order valence-electron chi connectivity index (χ1n) is 9.13. The van der Waals surface area contributed by atoms with Crippen LogP contribution in [0.3, 0.4) is 0 Å². The molecule has 1 aliphatic heterocycles. The third-order valence-corrected chi connectivity index (χ3v) is 6.34. The lowest BCUT2D eigenvalue weighted by atomic mass is 9.82. The smallest absolute Gasteiger partial charge is 0.193 e. The minimum Gasteiger partial charge on any atom is -0.357 e. The summed E-state index contributed by atoms with van der Waals surface area (Å²) in [7, 11) is 0. The van der Waals surface area contributed by atoms with Crippen LogP contribution in [0.5, 0.6) is 0 Å². The molecule has 2 heterocycles. The first-order valence-corrected chi connectivity index (χ1v) is 9.95. The molecule has 1 aliphatic carbocycles. The molecule has 128 valence electrons. The van der Waals surface area contributed by atoms with E-state index in [9.17, 15) is 0 Å². The molecule has 2 aliphatic rings. The molecule has 4 nitrogen and oxygen atoms in total. The first-order chi connectivity index (χ1) is 11.2. The van der Waals surface area contributed by atoms with Gasteiger partial charge in [-0.1, -0.05) is 12.8 Å². The van der Waals surface area contributed by atoms with Gasteiger partial charge in [0.05, 0.1) is 10.7 Å². The van der Waals surface area contributed by atoms with Gasteiger partial charge >= 0.3 is 0 Å². The van der Waals surface area contributed by atoms with Crippen LogP contribution >= 0.6 is 11.3 Å². The molecule has 0 aromatic carbocycles. The van der Waals surface area contributed by atoms with Crippen molar-refractivity contribution in [2.45, 2.75) is 52.9 Å². The molecule has 0 bridgehead atoms. The monoisotopic (exact) mass is 334 g/mol. The molecule has 1 aromatic heterocycles. The van der Waals surface area contributed by atoms with Crippen LogP contribution in [0.4, 0.5) is 0 Å². The highest BCUT2D eigenvalue weighted by molar-refractivity contribution is 7.11. The molecule has 0 amide bonds. The highest BCUT2D eigenvalue weighted by Crippen LogP contribution is 2.35. The van der Waals surface area contributed by atoms with Gasteiger partial charge in [0.1, 0.15) is 0 Å². The van der Waals surface area contributed by atoms with Crippen LogP contribution in [0.25, 0.3) is 0 Å². The van der Waals surface area contributed by atoms with Gasteiger partial charge in [0.25, 0.3) is 0 Å². The van der Waals surface area contributed by atoms with E-state index in [2.05, 4.69) is 36.0 Å². The fraction of sp³-hybridized carbons (Fsp3) is 0.778. The van der Waals surface area contributed by atoms with E-state index in [-0.39, 0.29) is 0 Å². The molecule has 23 heavy (non-hydrogen) atoms. The van der Waals surface area contributed by atoms with Crippen molar-refractivity contribution in [3.05, 3.63) is 15.6 Å². The van der Waals surface area contributed by atoms with Crippen LogP contribution in [-0.2, 0) is 6.42 Å². The van der Waals surface area contributed by atoms with E-state index in [1.54, 1.807) is 0 Å². The predicted molar refractivity (Wildman–Crippen MR) is 98.3 cm³/mol. The Morgan fingerprint density at radius 3 is 2.52 bits per heavy atom. The molecule has 0 radical (unpaired) electrons. The van der Waals surface area contributed by atoms with E-state index in [1.807, 2.05) is 11.3 Å². The fourth-order valence-corrected chi connectivity index (χ4v) is 5.00. The number of rotatable bonds is 4. The van der Waals surface area contributed by atoms with Crippen molar-refractivity contribution in [1.82, 2.24) is 15.2 Å². The minimum absolute atomic E-state index is 0.858. The number of guanidine groups is 1. The number of aliphatic imine (C=N–C) groups is 1. The summed E-state index contributed by atoms with van der Waals surface area (Å²) in [4.78, 5) is 13.3. The summed E-state index contributed by atoms with van der Waals surface area (Å²) in [5, 5.41) is 4.67. The van der Waals surface area contributed by atoms with Gasteiger partial charge in [-0.3, -0.25) is 4.99 Å². The van der Waals surface area contributed by atoms with Crippen molar-refractivity contribution >= 4 is 17.3 Å². The van der Waals surface area contributed by atoms with Crippen LogP contribution in [0.2, 0.25) is 0 Å². The topological polar surface area (TPSA) is 40.5 Å². The Morgan fingerprint density at radius 2 is 1.96 bits per heavy atom. The molecule has 1 N–H and O–H groups in total. The second-order valence-electron chi connectivity index (χ2n) is 6.94. The lowest BCUT2D eigenvalue weighted by molar-refractivity contribution is 0.299. The maximum atomic E-state index is 4.91. The predicted octanol–water partition coefficient (Wildman–Crippen LogP) is 3.39. The van der Waals surface area contributed by atoms with Gasteiger partial charge in [0.2, 0.25) is 0 Å². The number of aryl methyl sites for hydroxylation is 2. The molecule has 2 fully saturated rings. The number of nitrogens with zero attached hydrogens (tertiary/aromatic N) is 3. The Labute approximate surface area is 144 Å². The number of hydrogen-bond acceptors (Lipinski definition) is 3. The molecule has 1 saturated heterocycles. The summed E-state index contributed by atoms with van der Waals surface area (Å²) in [6.45, 7) is 10.6. The Hall–Kier alpha value is -1.10. The maximum Gasteiger partial charge on any atom is 0.193 e. The summed E-state index contributed by atoms with van der Waals surface area (Å²) in [5.41, 5.74) is 1.18. The Bertz CT molecular complexity index is 537. The fourth-order valence-electron chi connectivity index (χ4n) is 4.07. The summed E-state index contributed by atoms with van der Waals surface area (Å²) in [6.07, 6.45) is 6.69. The van der Waals surface area contributed by atoms with Crippen molar-refractivity contribution in [3.63, 3.8) is 0 Å². The SMILES string of the molecule is CCNC(=NCCc1sc(C)nc1C)N1CC2CCCCC2C1. The number of aromatic nitrogens is 1. The van der Waals surface area contributed by atoms with E-state index >= 15 is 0 Å². The largest absolute Gasteiger partial charge is 0.357 e. The number of hydrogen-bond donors (Lipinski definition) is 1. The maximum absolute atomic E-state index is 4.91. The highest BCUT2D eigenvalue weighted by Gasteiger charge is 2.35. The third kappa shape index (κ3) is 4.06. The molecule has 1 aromatic rings. The van der Waals surface area contributed by atoms with Crippen LogP contribution in [-0.4, -0.2) is 42.0 Å². The number of thiazole rings is 1. The molecule has 3 rings (SSSR count). The third-order valence-electron chi connectivity index (χ3n) is 5.21. The van der Waals surface area contributed by atoms with E-state index in [1.165, 1.54) is 49.3 Å². The zero-order valence-corrected chi connectivity index (χ0v) is 15.6. The second kappa shape index (κ2) is 7.65. The summed E-state index contributed by atoms with van der Waals surface area (Å²) in [6, 6.07) is 0. The molecule has 1 saturated carbocycles. The van der Waals surface area contributed by atoms with Crippen molar-refractivity contribution in [2.75, 3.05) is 26.2 Å². The van der Waals surface area contributed by atoms with Gasteiger partial charge < -0.3 is 10.2 Å². The molecule has 0 spiro atoms. The molecular weight excluding hydrogens is 304 g/mol. The Balaban J connectivity index is 1.60. The van der Waals surface area contributed by atoms with Crippen LogP contribution in [0, 0.1) is 25.7 Å². The van der Waals surface area contributed by atoms with Gasteiger partial charge in [-0.2, -0.15) is 0 Å². The molecular formula is C18H30N4S. The van der Waals surface area contributed by atoms with Gasteiger partial charge in [0.15, 0.2) is 5.96 Å². The van der Waals surface area contributed by atoms with Gasteiger partial charge in [-0.05, 0) is 45.4 Å². The number of fused-ring (bicyclic) bond motifs is 1. The second-order valence-corrected chi connectivity index (χ2v) is 8.22. The quantitative estimate of drug-likeness (QED) is 0.678. The summed E-state index contributed by atoms with van der Waals surface area (Å²) < 4.78 is 0. The van der Waals surface area contributed by atoms with Crippen molar-refractivity contribution in [2.24, 2.45) is 16.8 Å². The van der Waals surface area contributed by atoms with Crippen LogP contribution in [0.1, 0.15) is 48.2 Å². The zero-order chi connectivity index (χ0) is 16.2.